The molecule has 1 aliphatic heterocycles. The average Bonchev–Trinajstić information content (AvgIpc) is 2.42. The normalized spacial score (nSPS) is 18.6. The number of nitrogens with zero attached hydrogens (tertiary/aromatic N) is 1. The Morgan fingerprint density at radius 3 is 2.75 bits per heavy atom. The molecule has 2 amide bonds. The van der Waals surface area contributed by atoms with Crippen LogP contribution in [0.4, 0.5) is 18.0 Å². The molecule has 0 aromatic heterocycles. The van der Waals surface area contributed by atoms with Crippen molar-refractivity contribution in [1.29, 1.82) is 0 Å². The Kier molecular flexibility index (Phi) is 4.17. The Balaban J connectivity index is 2.11. The van der Waals surface area contributed by atoms with Gasteiger partial charge in [-0.05, 0) is 17.5 Å². The van der Waals surface area contributed by atoms with Gasteiger partial charge in [-0.1, -0.05) is 24.3 Å². The van der Waals surface area contributed by atoms with Crippen LogP contribution in [0.5, 0.6) is 0 Å². The van der Waals surface area contributed by atoms with Crippen molar-refractivity contribution in [3.05, 3.63) is 35.4 Å². The Hall–Kier alpha value is -1.76. The molecule has 1 atom stereocenters. The first kappa shape index (κ1) is 14.6. The number of hydrogen-bond acceptors (Lipinski definition) is 2. The second kappa shape index (κ2) is 5.70. The van der Waals surface area contributed by atoms with E-state index in [1.807, 2.05) is 29.6 Å². The molecule has 1 aliphatic rings. The lowest BCUT2D eigenvalue weighted by atomic mass is 9.93. The molecule has 1 heterocycles. The molecule has 110 valence electrons. The Bertz CT molecular complexity index is 490. The molecule has 0 fully saturated rings. The van der Waals surface area contributed by atoms with E-state index in [0.29, 0.717) is 13.0 Å². The monoisotopic (exact) mass is 287 g/mol. The highest BCUT2D eigenvalue weighted by atomic mass is 19.4. The molecule has 0 bridgehead atoms. The Morgan fingerprint density at radius 1 is 1.40 bits per heavy atom. The summed E-state index contributed by atoms with van der Waals surface area (Å²) in [7, 11) is 0. The molecule has 0 radical (unpaired) electrons. The van der Waals surface area contributed by atoms with Crippen molar-refractivity contribution in [2.75, 3.05) is 19.6 Å². The van der Waals surface area contributed by atoms with E-state index in [0.717, 1.165) is 11.1 Å². The standard InChI is InChI=1S/C13H16F3N3O/c14-13(15,16)8-18-12(20)19-6-5-9-3-1-2-4-10(9)11(19)7-17/h1-4,11H,5-8,17H2,(H,18,20). The van der Waals surface area contributed by atoms with Crippen LogP contribution in [0, 0.1) is 0 Å². The quantitative estimate of drug-likeness (QED) is 0.871. The molecule has 1 unspecified atom stereocenters. The lowest BCUT2D eigenvalue weighted by molar-refractivity contribution is -0.123. The van der Waals surface area contributed by atoms with Gasteiger partial charge in [-0.15, -0.1) is 0 Å². The molecule has 0 spiro atoms. The smallest absolute Gasteiger partial charge is 0.329 e. The number of alkyl halides is 3. The molecule has 4 nitrogen and oxygen atoms in total. The van der Waals surface area contributed by atoms with Gasteiger partial charge in [0, 0.05) is 13.1 Å². The zero-order chi connectivity index (χ0) is 14.8. The Labute approximate surface area is 114 Å². The minimum absolute atomic E-state index is 0.177. The van der Waals surface area contributed by atoms with Crippen LogP contribution < -0.4 is 11.1 Å². The SMILES string of the molecule is NCC1c2ccccc2CCN1C(=O)NCC(F)(F)F. The number of urea groups is 1. The van der Waals surface area contributed by atoms with Crippen molar-refractivity contribution >= 4 is 6.03 Å². The number of hydrogen-bond donors (Lipinski definition) is 2. The number of carbonyl (C=O) groups is 1. The van der Waals surface area contributed by atoms with Crippen LogP contribution in [0.25, 0.3) is 0 Å². The first-order valence-corrected chi connectivity index (χ1v) is 6.31. The summed E-state index contributed by atoms with van der Waals surface area (Å²) in [5.74, 6) is 0. The first-order chi connectivity index (χ1) is 9.42. The number of rotatable bonds is 2. The van der Waals surface area contributed by atoms with Gasteiger partial charge in [0.15, 0.2) is 0 Å². The molecule has 0 saturated carbocycles. The minimum Gasteiger partial charge on any atom is -0.329 e. The van der Waals surface area contributed by atoms with Crippen LogP contribution in [0.2, 0.25) is 0 Å². The number of amides is 2. The van der Waals surface area contributed by atoms with Gasteiger partial charge in [-0.3, -0.25) is 0 Å². The number of fused-ring (bicyclic) bond motifs is 1. The van der Waals surface area contributed by atoms with Crippen LogP contribution in [0.15, 0.2) is 24.3 Å². The number of carbonyl (C=O) groups excluding carboxylic acids is 1. The van der Waals surface area contributed by atoms with E-state index in [2.05, 4.69) is 0 Å². The van der Waals surface area contributed by atoms with Crippen LogP contribution in [0.3, 0.4) is 0 Å². The highest BCUT2D eigenvalue weighted by Gasteiger charge is 2.33. The third kappa shape index (κ3) is 3.22. The predicted molar refractivity (Wildman–Crippen MR) is 68.1 cm³/mol. The maximum absolute atomic E-state index is 12.1. The van der Waals surface area contributed by atoms with E-state index < -0.39 is 18.8 Å². The van der Waals surface area contributed by atoms with Gasteiger partial charge in [0.05, 0.1) is 6.04 Å². The van der Waals surface area contributed by atoms with Gasteiger partial charge < -0.3 is 16.0 Å². The fourth-order valence-corrected chi connectivity index (χ4v) is 2.43. The fourth-order valence-electron chi connectivity index (χ4n) is 2.43. The van der Waals surface area contributed by atoms with E-state index in [-0.39, 0.29) is 12.6 Å². The molecular weight excluding hydrogens is 271 g/mol. The van der Waals surface area contributed by atoms with Gasteiger partial charge >= 0.3 is 12.2 Å². The minimum atomic E-state index is -4.42. The maximum Gasteiger partial charge on any atom is 0.405 e. The second-order valence-electron chi connectivity index (χ2n) is 4.67. The van der Waals surface area contributed by atoms with Crippen LogP contribution in [0.1, 0.15) is 17.2 Å². The molecule has 1 aromatic carbocycles. The third-order valence-corrected chi connectivity index (χ3v) is 3.34. The van der Waals surface area contributed by atoms with Crippen molar-refractivity contribution in [2.24, 2.45) is 5.73 Å². The predicted octanol–water partition coefficient (Wildman–Crippen LogP) is 1.82. The number of benzene rings is 1. The first-order valence-electron chi connectivity index (χ1n) is 6.31. The van der Waals surface area contributed by atoms with Crippen molar-refractivity contribution in [3.63, 3.8) is 0 Å². The molecular formula is C13H16F3N3O. The summed E-state index contributed by atoms with van der Waals surface area (Å²) in [5, 5.41) is 1.89. The zero-order valence-electron chi connectivity index (χ0n) is 10.8. The summed E-state index contributed by atoms with van der Waals surface area (Å²) >= 11 is 0. The number of nitrogens with two attached hydrogens (primary N) is 1. The van der Waals surface area contributed by atoms with E-state index in [1.165, 1.54) is 4.90 Å². The van der Waals surface area contributed by atoms with E-state index in [4.69, 9.17) is 5.73 Å². The highest BCUT2D eigenvalue weighted by Crippen LogP contribution is 2.28. The molecule has 1 aromatic rings. The number of halogens is 3. The van der Waals surface area contributed by atoms with Gasteiger partial charge in [0.1, 0.15) is 6.54 Å². The highest BCUT2D eigenvalue weighted by molar-refractivity contribution is 5.75. The van der Waals surface area contributed by atoms with E-state index in [9.17, 15) is 18.0 Å². The van der Waals surface area contributed by atoms with Crippen molar-refractivity contribution in [3.8, 4) is 0 Å². The summed E-state index contributed by atoms with van der Waals surface area (Å²) in [4.78, 5) is 13.3. The lowest BCUT2D eigenvalue weighted by Gasteiger charge is -2.36. The van der Waals surface area contributed by atoms with Crippen LogP contribution >= 0.6 is 0 Å². The Morgan fingerprint density at radius 2 is 2.10 bits per heavy atom. The molecule has 3 N–H and O–H groups in total. The van der Waals surface area contributed by atoms with E-state index in [1.54, 1.807) is 0 Å². The van der Waals surface area contributed by atoms with Gasteiger partial charge in [-0.25, -0.2) is 4.79 Å². The van der Waals surface area contributed by atoms with E-state index >= 15 is 0 Å². The summed E-state index contributed by atoms with van der Waals surface area (Å²) in [6.07, 6.45) is -3.80. The van der Waals surface area contributed by atoms with Crippen molar-refractivity contribution in [1.82, 2.24) is 10.2 Å². The molecule has 7 heteroatoms. The summed E-state index contributed by atoms with van der Waals surface area (Å²) in [6.45, 7) is -0.791. The van der Waals surface area contributed by atoms with Gasteiger partial charge in [0.25, 0.3) is 0 Å². The molecule has 20 heavy (non-hydrogen) atoms. The zero-order valence-corrected chi connectivity index (χ0v) is 10.8. The summed E-state index contributed by atoms with van der Waals surface area (Å²) in [6, 6.07) is 6.42. The van der Waals surface area contributed by atoms with Crippen molar-refractivity contribution < 1.29 is 18.0 Å². The topological polar surface area (TPSA) is 58.4 Å². The van der Waals surface area contributed by atoms with Crippen LogP contribution in [-0.4, -0.2) is 36.7 Å². The van der Waals surface area contributed by atoms with Crippen molar-refractivity contribution in [2.45, 2.75) is 18.6 Å². The fraction of sp³-hybridized carbons (Fsp3) is 0.462. The molecule has 0 aliphatic carbocycles. The number of nitrogens with one attached hydrogen (secondary N) is 1. The van der Waals surface area contributed by atoms with Gasteiger partial charge in [-0.2, -0.15) is 13.2 Å². The summed E-state index contributed by atoms with van der Waals surface area (Å²) < 4.78 is 36.4. The third-order valence-electron chi connectivity index (χ3n) is 3.34. The van der Waals surface area contributed by atoms with Gasteiger partial charge in [0.2, 0.25) is 0 Å². The average molecular weight is 287 g/mol. The van der Waals surface area contributed by atoms with Crippen LogP contribution in [-0.2, 0) is 6.42 Å². The largest absolute Gasteiger partial charge is 0.405 e. The maximum atomic E-state index is 12.1. The molecule has 2 rings (SSSR count). The summed E-state index contributed by atoms with van der Waals surface area (Å²) in [5.41, 5.74) is 7.68. The molecule has 0 saturated heterocycles. The lowest BCUT2D eigenvalue weighted by Crippen LogP contribution is -2.49. The second-order valence-corrected chi connectivity index (χ2v) is 4.67.